The molecule has 0 aromatic heterocycles. The molecule has 4 N–H and O–H groups in total. The van der Waals surface area contributed by atoms with Gasteiger partial charge in [-0.3, -0.25) is 14.4 Å². The summed E-state index contributed by atoms with van der Waals surface area (Å²) >= 11 is 0. The van der Waals surface area contributed by atoms with Gasteiger partial charge in [-0.2, -0.15) is 0 Å². The quantitative estimate of drug-likeness (QED) is 0.619. The minimum atomic E-state index is -0.458. The molecule has 0 saturated heterocycles. The van der Waals surface area contributed by atoms with Crippen LogP contribution in [-0.4, -0.2) is 31.4 Å². The Morgan fingerprint density at radius 1 is 1.07 bits per heavy atom. The van der Waals surface area contributed by atoms with Gasteiger partial charge in [-0.15, -0.1) is 0 Å². The lowest BCUT2D eigenvalue weighted by Crippen LogP contribution is -2.42. The van der Waals surface area contributed by atoms with Gasteiger partial charge in [-0.1, -0.05) is 12.2 Å². The zero-order valence-corrected chi connectivity index (χ0v) is 15.8. The standard InChI is InChI=1S/C21H25N3O4/c1-28-13-4-2-12(3-5-13)24-20(27)18-15-7-6-14(21(15)9-10-21)17(18)19(26)23-11-8-16(22)25/h2-7,14-15,17-18H,8-11H2,1H3,(H2,22,25)(H,23,26)(H,24,27)/t14-,15+,17-,18-/m1/s1. The van der Waals surface area contributed by atoms with Crippen molar-refractivity contribution in [3.8, 4) is 5.75 Å². The maximum Gasteiger partial charge on any atom is 0.228 e. The van der Waals surface area contributed by atoms with Crippen molar-refractivity contribution < 1.29 is 19.1 Å². The predicted molar refractivity (Wildman–Crippen MR) is 103 cm³/mol. The van der Waals surface area contributed by atoms with Gasteiger partial charge in [0.05, 0.1) is 18.9 Å². The van der Waals surface area contributed by atoms with Crippen LogP contribution >= 0.6 is 0 Å². The van der Waals surface area contributed by atoms with Gasteiger partial charge < -0.3 is 21.1 Å². The van der Waals surface area contributed by atoms with Crippen LogP contribution in [-0.2, 0) is 14.4 Å². The van der Waals surface area contributed by atoms with Gasteiger partial charge in [0.25, 0.3) is 0 Å². The maximum absolute atomic E-state index is 13.1. The molecular formula is C21H25N3O4. The van der Waals surface area contributed by atoms with Gasteiger partial charge >= 0.3 is 0 Å². The second kappa shape index (κ2) is 6.96. The monoisotopic (exact) mass is 383 g/mol. The highest BCUT2D eigenvalue weighted by molar-refractivity contribution is 5.98. The van der Waals surface area contributed by atoms with E-state index in [9.17, 15) is 14.4 Å². The summed E-state index contributed by atoms with van der Waals surface area (Å²) in [4.78, 5) is 37.0. The first-order chi connectivity index (χ1) is 13.5. The van der Waals surface area contributed by atoms with Crippen LogP contribution in [0.4, 0.5) is 5.69 Å². The number of ether oxygens (including phenoxy) is 1. The van der Waals surface area contributed by atoms with Gasteiger partial charge in [-0.25, -0.2) is 0 Å². The topological polar surface area (TPSA) is 111 Å². The molecule has 3 amide bonds. The highest BCUT2D eigenvalue weighted by atomic mass is 16.5. The number of nitrogens with two attached hydrogens (primary N) is 1. The highest BCUT2D eigenvalue weighted by Crippen LogP contribution is 2.72. The Kier molecular flexibility index (Phi) is 4.61. The molecule has 4 atom stereocenters. The fourth-order valence-corrected chi connectivity index (χ4v) is 5.04. The SMILES string of the molecule is COc1ccc(NC(=O)[C@H]2[C@H](C(=O)NCCC(N)=O)[C@H]3C=C[C@@H]2C32CC2)cc1. The number of benzene rings is 1. The van der Waals surface area contributed by atoms with E-state index < -0.39 is 17.7 Å². The second-order valence-corrected chi connectivity index (χ2v) is 7.95. The summed E-state index contributed by atoms with van der Waals surface area (Å²) in [6.45, 7) is 0.200. The van der Waals surface area contributed by atoms with Crippen molar-refractivity contribution in [1.29, 1.82) is 0 Å². The Morgan fingerprint density at radius 2 is 1.68 bits per heavy atom. The number of hydrogen-bond acceptors (Lipinski definition) is 4. The molecule has 7 heteroatoms. The molecule has 0 aliphatic heterocycles. The van der Waals surface area contributed by atoms with E-state index in [4.69, 9.17) is 10.5 Å². The Hall–Kier alpha value is -2.83. The highest BCUT2D eigenvalue weighted by Gasteiger charge is 2.69. The molecule has 0 heterocycles. The Labute approximate surface area is 163 Å². The van der Waals surface area contributed by atoms with Crippen LogP contribution in [0.25, 0.3) is 0 Å². The molecule has 0 radical (unpaired) electrons. The number of carbonyl (C=O) groups is 3. The molecule has 1 spiro atoms. The molecule has 1 aromatic rings. The lowest BCUT2D eigenvalue weighted by molar-refractivity contribution is -0.133. The molecule has 3 aliphatic carbocycles. The number of amides is 3. The zero-order valence-electron chi connectivity index (χ0n) is 15.8. The minimum Gasteiger partial charge on any atom is -0.497 e. The molecular weight excluding hydrogens is 358 g/mol. The summed E-state index contributed by atoms with van der Waals surface area (Å²) < 4.78 is 5.14. The first-order valence-electron chi connectivity index (χ1n) is 9.65. The van der Waals surface area contributed by atoms with Crippen molar-refractivity contribution >= 4 is 23.4 Å². The number of nitrogens with one attached hydrogen (secondary N) is 2. The van der Waals surface area contributed by atoms with E-state index in [2.05, 4.69) is 22.8 Å². The third kappa shape index (κ3) is 3.04. The molecule has 0 unspecified atom stereocenters. The Morgan fingerprint density at radius 3 is 2.21 bits per heavy atom. The van der Waals surface area contributed by atoms with E-state index in [-0.39, 0.29) is 42.0 Å². The van der Waals surface area contributed by atoms with Crippen LogP contribution in [0.5, 0.6) is 5.75 Å². The van der Waals surface area contributed by atoms with Gasteiger partial charge in [0, 0.05) is 18.7 Å². The largest absolute Gasteiger partial charge is 0.497 e. The third-order valence-electron chi connectivity index (χ3n) is 6.48. The fraction of sp³-hybridized carbons (Fsp3) is 0.476. The number of hydrogen-bond donors (Lipinski definition) is 3. The van der Waals surface area contributed by atoms with E-state index in [1.807, 2.05) is 0 Å². The minimum absolute atomic E-state index is 0.0631. The van der Waals surface area contributed by atoms with Crippen LogP contribution in [0.3, 0.4) is 0 Å². The van der Waals surface area contributed by atoms with Crippen molar-refractivity contribution in [3.63, 3.8) is 0 Å². The van der Waals surface area contributed by atoms with Gasteiger partial charge in [0.15, 0.2) is 0 Å². The summed E-state index contributed by atoms with van der Waals surface area (Å²) in [7, 11) is 1.59. The average molecular weight is 383 g/mol. The van der Waals surface area contributed by atoms with E-state index in [0.717, 1.165) is 12.8 Å². The number of carbonyl (C=O) groups excluding carboxylic acids is 3. The van der Waals surface area contributed by atoms with Crippen LogP contribution in [0.1, 0.15) is 19.3 Å². The van der Waals surface area contributed by atoms with Crippen molar-refractivity contribution in [2.45, 2.75) is 19.3 Å². The van der Waals surface area contributed by atoms with Gasteiger partial charge in [-0.05, 0) is 54.4 Å². The number of methoxy groups -OCH3 is 1. The molecule has 2 fully saturated rings. The molecule has 2 bridgehead atoms. The summed E-state index contributed by atoms with van der Waals surface area (Å²) in [6, 6.07) is 7.14. The summed E-state index contributed by atoms with van der Waals surface area (Å²) in [6.07, 6.45) is 6.41. The number of allylic oxidation sites excluding steroid dienone is 2. The van der Waals surface area contributed by atoms with Crippen LogP contribution in [0.2, 0.25) is 0 Å². The van der Waals surface area contributed by atoms with Crippen LogP contribution in [0, 0.1) is 29.1 Å². The molecule has 4 rings (SSSR count). The molecule has 28 heavy (non-hydrogen) atoms. The van der Waals surface area contributed by atoms with Crippen molar-refractivity contribution in [3.05, 3.63) is 36.4 Å². The van der Waals surface area contributed by atoms with Crippen molar-refractivity contribution in [2.75, 3.05) is 19.0 Å². The number of anilines is 1. The van der Waals surface area contributed by atoms with E-state index in [1.54, 1.807) is 31.4 Å². The normalized spacial score (nSPS) is 28.2. The third-order valence-corrected chi connectivity index (χ3v) is 6.48. The Bertz CT molecular complexity index is 829. The first kappa shape index (κ1) is 18.5. The lowest BCUT2D eigenvalue weighted by atomic mass is 9.81. The summed E-state index contributed by atoms with van der Waals surface area (Å²) in [5.41, 5.74) is 5.89. The van der Waals surface area contributed by atoms with Gasteiger partial charge in [0.2, 0.25) is 17.7 Å². The molecule has 3 aliphatic rings. The second-order valence-electron chi connectivity index (χ2n) is 7.95. The zero-order chi connectivity index (χ0) is 19.9. The van der Waals surface area contributed by atoms with E-state index >= 15 is 0 Å². The van der Waals surface area contributed by atoms with Crippen LogP contribution < -0.4 is 21.1 Å². The van der Waals surface area contributed by atoms with E-state index in [0.29, 0.717) is 11.4 Å². The summed E-state index contributed by atoms with van der Waals surface area (Å²) in [5.74, 6) is -0.704. The lowest BCUT2D eigenvalue weighted by Gasteiger charge is -2.26. The molecule has 7 nitrogen and oxygen atoms in total. The molecule has 2 saturated carbocycles. The van der Waals surface area contributed by atoms with Crippen molar-refractivity contribution in [1.82, 2.24) is 5.32 Å². The number of rotatable bonds is 7. The molecule has 1 aromatic carbocycles. The fourth-order valence-electron chi connectivity index (χ4n) is 5.04. The first-order valence-corrected chi connectivity index (χ1v) is 9.65. The Balaban J connectivity index is 1.51. The van der Waals surface area contributed by atoms with E-state index in [1.165, 1.54) is 0 Å². The molecule has 148 valence electrons. The van der Waals surface area contributed by atoms with Crippen molar-refractivity contribution in [2.24, 2.45) is 34.8 Å². The average Bonchev–Trinajstić information content (AvgIpc) is 3.34. The van der Waals surface area contributed by atoms with Gasteiger partial charge in [0.1, 0.15) is 5.75 Å². The predicted octanol–water partition coefficient (Wildman–Crippen LogP) is 1.45. The summed E-state index contributed by atoms with van der Waals surface area (Å²) in [5, 5.41) is 5.76. The number of primary amides is 1. The smallest absolute Gasteiger partial charge is 0.228 e. The van der Waals surface area contributed by atoms with Crippen LogP contribution in [0.15, 0.2) is 36.4 Å². The maximum atomic E-state index is 13.1.